The van der Waals surface area contributed by atoms with Gasteiger partial charge >= 0.3 is 5.97 Å². The molecule has 0 aliphatic rings. The molecule has 3 aromatic rings. The van der Waals surface area contributed by atoms with Crippen molar-refractivity contribution in [2.24, 2.45) is 0 Å². The lowest BCUT2D eigenvalue weighted by Gasteiger charge is -2.20. The van der Waals surface area contributed by atoms with Crippen molar-refractivity contribution in [3.05, 3.63) is 103 Å². The van der Waals surface area contributed by atoms with Crippen LogP contribution in [-0.2, 0) is 16.0 Å². The average Bonchev–Trinajstić information content (AvgIpc) is 2.71. The van der Waals surface area contributed by atoms with Gasteiger partial charge in [-0.3, -0.25) is 0 Å². The summed E-state index contributed by atoms with van der Waals surface area (Å²) in [4.78, 5) is 12.1. The van der Waals surface area contributed by atoms with Crippen molar-refractivity contribution in [3.8, 4) is 0 Å². The van der Waals surface area contributed by atoms with Crippen molar-refractivity contribution in [1.29, 1.82) is 0 Å². The standard InChI is InChI=1S/C24H23O2Si/c1-3-26-24(25)19(2)18-20-12-10-11-17-23(20)27(21-13-6-4-7-14-21)22-15-8-5-9-16-22/h4-17H,2-3,18H2,1H3. The summed E-state index contributed by atoms with van der Waals surface area (Å²) in [6, 6.07) is 29.6. The molecular formula is C24H23O2Si. The number of rotatable bonds is 7. The third kappa shape index (κ3) is 4.63. The highest BCUT2D eigenvalue weighted by Gasteiger charge is 2.22. The van der Waals surface area contributed by atoms with E-state index in [1.807, 2.05) is 25.1 Å². The molecule has 2 nitrogen and oxygen atoms in total. The molecule has 135 valence electrons. The van der Waals surface area contributed by atoms with Crippen LogP contribution in [0.3, 0.4) is 0 Å². The molecule has 0 atom stereocenters. The summed E-state index contributed by atoms with van der Waals surface area (Å²) in [7, 11) is -1.18. The van der Waals surface area contributed by atoms with Crippen LogP contribution in [0.15, 0.2) is 97.1 Å². The summed E-state index contributed by atoms with van der Waals surface area (Å²) in [5.41, 5.74) is 1.63. The van der Waals surface area contributed by atoms with E-state index in [1.165, 1.54) is 15.6 Å². The summed E-state index contributed by atoms with van der Waals surface area (Å²) >= 11 is 0. The molecule has 0 N–H and O–H groups in total. The minimum Gasteiger partial charge on any atom is -0.463 e. The van der Waals surface area contributed by atoms with Gasteiger partial charge in [0.2, 0.25) is 0 Å². The summed E-state index contributed by atoms with van der Waals surface area (Å²) in [5.74, 6) is -0.319. The molecule has 0 bridgehead atoms. The van der Waals surface area contributed by atoms with Crippen molar-refractivity contribution in [2.45, 2.75) is 13.3 Å². The van der Waals surface area contributed by atoms with Gasteiger partial charge in [-0.1, -0.05) is 102 Å². The molecule has 0 spiro atoms. The highest BCUT2D eigenvalue weighted by molar-refractivity contribution is 6.95. The van der Waals surface area contributed by atoms with E-state index in [0.29, 0.717) is 18.6 Å². The van der Waals surface area contributed by atoms with Crippen LogP contribution >= 0.6 is 0 Å². The average molecular weight is 372 g/mol. The van der Waals surface area contributed by atoms with Crippen LogP contribution in [0, 0.1) is 0 Å². The first-order valence-electron chi connectivity index (χ1n) is 9.11. The SMILES string of the molecule is C=C(Cc1ccccc1[Si](c1ccccc1)c1ccccc1)C(=O)OCC. The van der Waals surface area contributed by atoms with Crippen LogP contribution in [0.1, 0.15) is 12.5 Å². The molecular weight excluding hydrogens is 348 g/mol. The van der Waals surface area contributed by atoms with E-state index < -0.39 is 8.80 Å². The minimum absolute atomic E-state index is 0.319. The van der Waals surface area contributed by atoms with E-state index in [0.717, 1.165) is 5.56 Å². The van der Waals surface area contributed by atoms with Crippen LogP contribution in [-0.4, -0.2) is 21.4 Å². The molecule has 3 rings (SSSR count). The van der Waals surface area contributed by atoms with E-state index in [4.69, 9.17) is 4.74 Å². The zero-order valence-electron chi connectivity index (χ0n) is 15.5. The highest BCUT2D eigenvalue weighted by Crippen LogP contribution is 2.08. The van der Waals surface area contributed by atoms with Crippen LogP contribution in [0.4, 0.5) is 0 Å². The number of carbonyl (C=O) groups excluding carboxylic acids is 1. The lowest BCUT2D eigenvalue weighted by atomic mass is 10.1. The van der Waals surface area contributed by atoms with Crippen LogP contribution in [0.25, 0.3) is 0 Å². The molecule has 3 heteroatoms. The maximum Gasteiger partial charge on any atom is 0.333 e. The second-order valence-electron chi connectivity index (χ2n) is 6.26. The van der Waals surface area contributed by atoms with Gasteiger partial charge in [0, 0.05) is 12.0 Å². The van der Waals surface area contributed by atoms with Crippen molar-refractivity contribution < 1.29 is 9.53 Å². The van der Waals surface area contributed by atoms with E-state index >= 15 is 0 Å². The van der Waals surface area contributed by atoms with Gasteiger partial charge in [0.25, 0.3) is 0 Å². The maximum absolute atomic E-state index is 12.1. The first kappa shape index (κ1) is 18.9. The Kier molecular flexibility index (Phi) is 6.39. The van der Waals surface area contributed by atoms with E-state index in [-0.39, 0.29) is 5.97 Å². The smallest absolute Gasteiger partial charge is 0.333 e. The molecule has 0 saturated heterocycles. The molecule has 0 fully saturated rings. The molecule has 0 heterocycles. The molecule has 0 aliphatic heterocycles. The highest BCUT2D eigenvalue weighted by atomic mass is 28.3. The van der Waals surface area contributed by atoms with Gasteiger partial charge < -0.3 is 4.74 Å². The monoisotopic (exact) mass is 371 g/mol. The third-order valence-corrected chi connectivity index (χ3v) is 7.23. The first-order valence-corrected chi connectivity index (χ1v) is 10.6. The first-order chi connectivity index (χ1) is 13.2. The Balaban J connectivity index is 2.03. The second-order valence-corrected chi connectivity index (χ2v) is 8.71. The Hall–Kier alpha value is -2.91. The Bertz CT molecular complexity index is 864. The Morgan fingerprint density at radius 3 is 1.93 bits per heavy atom. The predicted octanol–water partition coefficient (Wildman–Crippen LogP) is 2.86. The van der Waals surface area contributed by atoms with Crippen molar-refractivity contribution in [1.82, 2.24) is 0 Å². The zero-order valence-corrected chi connectivity index (χ0v) is 16.5. The van der Waals surface area contributed by atoms with Crippen molar-refractivity contribution in [2.75, 3.05) is 6.61 Å². The largest absolute Gasteiger partial charge is 0.463 e. The Labute approximate surface area is 162 Å². The number of ether oxygens (including phenoxy) is 1. The number of hydrogen-bond donors (Lipinski definition) is 0. The van der Waals surface area contributed by atoms with Gasteiger partial charge in [0.1, 0.15) is 0 Å². The van der Waals surface area contributed by atoms with Gasteiger partial charge in [-0.2, -0.15) is 0 Å². The van der Waals surface area contributed by atoms with Crippen molar-refractivity contribution in [3.63, 3.8) is 0 Å². The molecule has 1 radical (unpaired) electrons. The van der Waals surface area contributed by atoms with Crippen LogP contribution in [0.5, 0.6) is 0 Å². The molecule has 0 amide bonds. The predicted molar refractivity (Wildman–Crippen MR) is 113 cm³/mol. The van der Waals surface area contributed by atoms with Gasteiger partial charge in [-0.05, 0) is 17.7 Å². The van der Waals surface area contributed by atoms with Crippen molar-refractivity contribution >= 4 is 30.3 Å². The maximum atomic E-state index is 12.1. The van der Waals surface area contributed by atoms with Gasteiger partial charge in [-0.25, -0.2) is 4.79 Å². The fraction of sp³-hybridized carbons (Fsp3) is 0.125. The number of benzene rings is 3. The normalized spacial score (nSPS) is 10.6. The van der Waals surface area contributed by atoms with Gasteiger partial charge in [0.05, 0.1) is 6.61 Å². The number of carbonyl (C=O) groups is 1. The fourth-order valence-corrected chi connectivity index (χ4v) is 5.90. The van der Waals surface area contributed by atoms with Crippen LogP contribution in [0.2, 0.25) is 0 Å². The quantitative estimate of drug-likeness (QED) is 0.276. The lowest BCUT2D eigenvalue weighted by Crippen LogP contribution is -2.53. The van der Waals surface area contributed by atoms with Gasteiger partial charge in [-0.15, -0.1) is 0 Å². The van der Waals surface area contributed by atoms with E-state index in [2.05, 4.69) is 73.3 Å². The molecule has 0 aromatic heterocycles. The Morgan fingerprint density at radius 1 is 0.852 bits per heavy atom. The lowest BCUT2D eigenvalue weighted by molar-refractivity contribution is -0.138. The molecule has 0 unspecified atom stereocenters. The van der Waals surface area contributed by atoms with Crippen LogP contribution < -0.4 is 15.6 Å². The van der Waals surface area contributed by atoms with E-state index in [9.17, 15) is 4.79 Å². The second kappa shape index (κ2) is 9.15. The Morgan fingerprint density at radius 2 is 1.37 bits per heavy atom. The fourth-order valence-electron chi connectivity index (χ4n) is 3.14. The topological polar surface area (TPSA) is 26.3 Å². The zero-order chi connectivity index (χ0) is 19.1. The molecule has 0 aliphatic carbocycles. The molecule has 0 saturated carbocycles. The summed E-state index contributed by atoms with van der Waals surface area (Å²) in [6.07, 6.45) is 0.503. The summed E-state index contributed by atoms with van der Waals surface area (Å²) < 4.78 is 5.12. The van der Waals surface area contributed by atoms with E-state index in [1.54, 1.807) is 0 Å². The molecule has 27 heavy (non-hydrogen) atoms. The minimum atomic E-state index is -1.18. The number of esters is 1. The summed E-state index contributed by atoms with van der Waals surface area (Å²) in [6.45, 7) is 6.13. The summed E-state index contributed by atoms with van der Waals surface area (Å²) in [5, 5.41) is 3.93. The molecule has 3 aromatic carbocycles. The number of hydrogen-bond acceptors (Lipinski definition) is 2. The third-order valence-electron chi connectivity index (χ3n) is 4.38. The van der Waals surface area contributed by atoms with Gasteiger partial charge in [0.15, 0.2) is 8.80 Å².